The molecule has 220 valence electrons. The standard InChI is InChI=1S/C32H36N4O6/c1-34(2)32-26(17-21-7-5-6-8-27(21)33-32)25(19-29(38)41-4)31-30(39)28(37)18-24(42-31)20-35-13-15-36(16-14-35)22-9-11-23(40-3)12-10-22/h5-12,17-18,25,39H,13-16,19-20H2,1-4H3/t25-/m0/s1. The largest absolute Gasteiger partial charge is 0.502 e. The first kappa shape index (κ1) is 28.9. The van der Waals surface area contributed by atoms with Crippen molar-refractivity contribution in [3.8, 4) is 11.5 Å². The number of hydrogen-bond donors (Lipinski definition) is 1. The molecule has 5 rings (SSSR count). The fourth-order valence-corrected chi connectivity index (χ4v) is 5.38. The van der Waals surface area contributed by atoms with Gasteiger partial charge < -0.3 is 28.8 Å². The molecular formula is C32H36N4O6. The number of aromatic nitrogens is 1. The van der Waals surface area contributed by atoms with E-state index in [1.165, 1.54) is 13.2 Å². The zero-order valence-corrected chi connectivity index (χ0v) is 24.4. The Hall–Kier alpha value is -4.57. The molecule has 0 radical (unpaired) electrons. The maximum absolute atomic E-state index is 13.0. The summed E-state index contributed by atoms with van der Waals surface area (Å²) in [4.78, 5) is 36.8. The Kier molecular flexibility index (Phi) is 8.63. The monoisotopic (exact) mass is 572 g/mol. The fourth-order valence-electron chi connectivity index (χ4n) is 5.38. The number of ether oxygens (including phenoxy) is 2. The maximum atomic E-state index is 13.0. The molecule has 2 aromatic heterocycles. The van der Waals surface area contributed by atoms with Gasteiger partial charge in [0, 0.05) is 63.0 Å². The summed E-state index contributed by atoms with van der Waals surface area (Å²) in [6.45, 7) is 3.52. The Morgan fingerprint density at radius 1 is 1.05 bits per heavy atom. The molecular weight excluding hydrogens is 536 g/mol. The molecule has 1 N–H and O–H groups in total. The van der Waals surface area contributed by atoms with Crippen molar-refractivity contribution in [1.82, 2.24) is 9.88 Å². The number of nitrogens with zero attached hydrogens (tertiary/aromatic N) is 4. The number of carbonyl (C=O) groups excluding carboxylic acids is 1. The maximum Gasteiger partial charge on any atom is 0.306 e. The van der Waals surface area contributed by atoms with Gasteiger partial charge in [-0.25, -0.2) is 4.98 Å². The van der Waals surface area contributed by atoms with E-state index in [9.17, 15) is 14.7 Å². The van der Waals surface area contributed by atoms with Crippen LogP contribution in [0.1, 0.15) is 29.4 Å². The van der Waals surface area contributed by atoms with Gasteiger partial charge in [-0.05, 0) is 36.4 Å². The van der Waals surface area contributed by atoms with Crippen molar-refractivity contribution >= 4 is 28.4 Å². The quantitative estimate of drug-likeness (QED) is 0.296. The van der Waals surface area contributed by atoms with Crippen LogP contribution in [0.15, 0.2) is 69.9 Å². The number of pyridine rings is 1. The lowest BCUT2D eigenvalue weighted by Crippen LogP contribution is -2.46. The number of para-hydroxylation sites is 1. The fraction of sp³-hybridized carbons (Fsp3) is 0.344. The van der Waals surface area contributed by atoms with E-state index in [0.717, 1.165) is 48.5 Å². The summed E-state index contributed by atoms with van der Waals surface area (Å²) in [7, 11) is 6.67. The zero-order chi connectivity index (χ0) is 29.8. The Balaban J connectivity index is 1.45. The lowest BCUT2D eigenvalue weighted by atomic mass is 9.91. The van der Waals surface area contributed by atoms with Crippen LogP contribution >= 0.6 is 0 Å². The zero-order valence-electron chi connectivity index (χ0n) is 24.4. The summed E-state index contributed by atoms with van der Waals surface area (Å²) in [6.07, 6.45) is -0.141. The number of hydrogen-bond acceptors (Lipinski definition) is 10. The van der Waals surface area contributed by atoms with Crippen LogP contribution < -0.4 is 20.0 Å². The van der Waals surface area contributed by atoms with Crippen molar-refractivity contribution < 1.29 is 23.8 Å². The normalized spacial score (nSPS) is 14.5. The SMILES string of the molecule is COC(=O)C[C@@H](c1cc2ccccc2nc1N(C)C)c1oc(CN2CCN(c3ccc(OC)cc3)CC2)cc(=O)c1O. The molecule has 0 amide bonds. The summed E-state index contributed by atoms with van der Waals surface area (Å²) in [5, 5.41) is 11.8. The Morgan fingerprint density at radius 2 is 1.76 bits per heavy atom. The number of aromatic hydroxyl groups is 1. The Morgan fingerprint density at radius 3 is 2.43 bits per heavy atom. The van der Waals surface area contributed by atoms with E-state index < -0.39 is 23.1 Å². The minimum Gasteiger partial charge on any atom is -0.502 e. The highest BCUT2D eigenvalue weighted by atomic mass is 16.5. The number of fused-ring (bicyclic) bond motifs is 1. The molecule has 3 heterocycles. The van der Waals surface area contributed by atoms with Crippen LogP contribution in [-0.2, 0) is 16.1 Å². The molecule has 0 saturated carbocycles. The molecule has 1 aliphatic heterocycles. The predicted molar refractivity (Wildman–Crippen MR) is 162 cm³/mol. The molecule has 0 unspecified atom stereocenters. The molecule has 4 aromatic rings. The molecule has 10 nitrogen and oxygen atoms in total. The van der Waals surface area contributed by atoms with E-state index >= 15 is 0 Å². The van der Waals surface area contributed by atoms with Gasteiger partial charge in [-0.15, -0.1) is 0 Å². The molecule has 1 aliphatic rings. The van der Waals surface area contributed by atoms with Crippen LogP contribution in [0.4, 0.5) is 11.5 Å². The highest BCUT2D eigenvalue weighted by Crippen LogP contribution is 2.39. The second kappa shape index (κ2) is 12.5. The van der Waals surface area contributed by atoms with Gasteiger partial charge in [0.15, 0.2) is 5.76 Å². The van der Waals surface area contributed by atoms with E-state index in [1.807, 2.05) is 73.6 Å². The van der Waals surface area contributed by atoms with E-state index in [0.29, 0.717) is 23.7 Å². The van der Waals surface area contributed by atoms with E-state index in [2.05, 4.69) is 9.80 Å². The van der Waals surface area contributed by atoms with Gasteiger partial charge in [0.05, 0.1) is 38.6 Å². The highest BCUT2D eigenvalue weighted by Gasteiger charge is 2.30. The summed E-state index contributed by atoms with van der Waals surface area (Å²) >= 11 is 0. The third-order valence-electron chi connectivity index (χ3n) is 7.64. The van der Waals surface area contributed by atoms with Gasteiger partial charge in [-0.2, -0.15) is 0 Å². The second-order valence-electron chi connectivity index (χ2n) is 10.6. The Labute approximate surface area is 244 Å². The van der Waals surface area contributed by atoms with E-state index in [1.54, 1.807) is 7.11 Å². The lowest BCUT2D eigenvalue weighted by molar-refractivity contribution is -0.140. The molecule has 2 aromatic carbocycles. The summed E-state index contributed by atoms with van der Waals surface area (Å²) in [5.41, 5.74) is 2.00. The van der Waals surface area contributed by atoms with Gasteiger partial charge in [0.1, 0.15) is 17.3 Å². The van der Waals surface area contributed by atoms with Gasteiger partial charge >= 0.3 is 5.97 Å². The van der Waals surface area contributed by atoms with E-state index in [-0.39, 0.29) is 12.2 Å². The van der Waals surface area contributed by atoms with Crippen LogP contribution in [0.5, 0.6) is 11.5 Å². The van der Waals surface area contributed by atoms with E-state index in [4.69, 9.17) is 18.9 Å². The van der Waals surface area contributed by atoms with Gasteiger partial charge in [0.2, 0.25) is 11.2 Å². The number of benzene rings is 2. The van der Waals surface area contributed by atoms with Crippen molar-refractivity contribution in [3.05, 3.63) is 88.0 Å². The molecule has 1 fully saturated rings. The molecule has 0 spiro atoms. The third kappa shape index (κ3) is 6.18. The topological polar surface area (TPSA) is 109 Å². The minimum absolute atomic E-state index is 0.0277. The summed E-state index contributed by atoms with van der Waals surface area (Å²) in [6, 6.07) is 18.9. The molecule has 1 saturated heterocycles. The molecule has 1 atom stereocenters. The molecule has 0 bridgehead atoms. The second-order valence-corrected chi connectivity index (χ2v) is 10.6. The van der Waals surface area contributed by atoms with Crippen LogP contribution in [0.2, 0.25) is 0 Å². The first-order chi connectivity index (χ1) is 20.3. The van der Waals surface area contributed by atoms with Crippen LogP contribution in [-0.4, -0.2) is 75.5 Å². The lowest BCUT2D eigenvalue weighted by Gasteiger charge is -2.36. The number of esters is 1. The van der Waals surface area contributed by atoms with Gasteiger partial charge in [-0.1, -0.05) is 18.2 Å². The van der Waals surface area contributed by atoms with Gasteiger partial charge in [0.25, 0.3) is 0 Å². The number of carbonyl (C=O) groups is 1. The molecule has 42 heavy (non-hydrogen) atoms. The first-order valence-electron chi connectivity index (χ1n) is 13.9. The van der Waals surface area contributed by atoms with Gasteiger partial charge in [-0.3, -0.25) is 14.5 Å². The summed E-state index contributed by atoms with van der Waals surface area (Å²) in [5.74, 6) is 0.0462. The number of rotatable bonds is 9. The van der Waals surface area contributed by atoms with Crippen LogP contribution in [0.25, 0.3) is 10.9 Å². The molecule has 0 aliphatic carbocycles. The van der Waals surface area contributed by atoms with Crippen molar-refractivity contribution in [2.75, 3.05) is 64.3 Å². The van der Waals surface area contributed by atoms with Crippen LogP contribution in [0, 0.1) is 0 Å². The smallest absolute Gasteiger partial charge is 0.306 e. The van der Waals surface area contributed by atoms with Crippen LogP contribution in [0.3, 0.4) is 0 Å². The third-order valence-corrected chi connectivity index (χ3v) is 7.64. The Bertz CT molecular complexity index is 1610. The predicted octanol–water partition coefficient (Wildman–Crippen LogP) is 3.99. The molecule has 10 heteroatoms. The van der Waals surface area contributed by atoms with Crippen molar-refractivity contribution in [2.45, 2.75) is 18.9 Å². The van der Waals surface area contributed by atoms with Crippen molar-refractivity contribution in [1.29, 1.82) is 0 Å². The minimum atomic E-state index is -0.800. The average molecular weight is 573 g/mol. The number of piperazine rings is 1. The first-order valence-corrected chi connectivity index (χ1v) is 13.9. The highest BCUT2D eigenvalue weighted by molar-refractivity contribution is 5.83. The number of anilines is 2. The number of methoxy groups -OCH3 is 2. The van der Waals surface area contributed by atoms with Crippen molar-refractivity contribution in [2.24, 2.45) is 0 Å². The van der Waals surface area contributed by atoms with Crippen molar-refractivity contribution in [3.63, 3.8) is 0 Å². The average Bonchev–Trinajstić information content (AvgIpc) is 3.01. The summed E-state index contributed by atoms with van der Waals surface area (Å²) < 4.78 is 16.5.